The van der Waals surface area contributed by atoms with Crippen LogP contribution in [0.3, 0.4) is 0 Å². The van der Waals surface area contributed by atoms with E-state index < -0.39 is 0 Å². The van der Waals surface area contributed by atoms with Gasteiger partial charge in [-0.25, -0.2) is 9.97 Å². The molecule has 2 aromatic carbocycles. The van der Waals surface area contributed by atoms with Crippen LogP contribution in [-0.4, -0.2) is 9.97 Å². The van der Waals surface area contributed by atoms with Crippen LogP contribution in [0.5, 0.6) is 0 Å². The summed E-state index contributed by atoms with van der Waals surface area (Å²) < 4.78 is 3.32. The Balaban J connectivity index is 1.61. The van der Waals surface area contributed by atoms with Crippen LogP contribution in [0.4, 0.5) is 17.3 Å². The standard InChI is InChI=1S/C25H24N4S/c1-2-3-4-5-10-18-30-29-25-24(27-22-15-8-9-16-23(22)28-25)26-21-17-11-13-19-12-6-7-14-20(19)21/h2-6,8-13,15-18H,7,14H2,1H3,(H,26,27)(H,28,29)/b3-2-,5-4-,18-10+. The minimum atomic E-state index is 0.713. The smallest absolute Gasteiger partial charge is 0.180 e. The maximum Gasteiger partial charge on any atom is 0.180 e. The van der Waals surface area contributed by atoms with Crippen LogP contribution < -0.4 is 10.0 Å². The number of fused-ring (bicyclic) bond motifs is 2. The van der Waals surface area contributed by atoms with Gasteiger partial charge in [-0.05, 0) is 66.4 Å². The minimum Gasteiger partial charge on any atom is -0.337 e. The predicted octanol–water partition coefficient (Wildman–Crippen LogP) is 7.04. The number of anilines is 3. The van der Waals surface area contributed by atoms with Crippen molar-refractivity contribution < 1.29 is 0 Å². The van der Waals surface area contributed by atoms with E-state index in [1.807, 2.05) is 67.0 Å². The lowest BCUT2D eigenvalue weighted by Crippen LogP contribution is -2.05. The minimum absolute atomic E-state index is 0.713. The Kier molecular flexibility index (Phi) is 6.62. The molecule has 4 rings (SSSR count). The first kappa shape index (κ1) is 20.0. The number of aromatic nitrogens is 2. The molecule has 1 heterocycles. The van der Waals surface area contributed by atoms with Crippen LogP contribution in [-0.2, 0) is 6.42 Å². The lowest BCUT2D eigenvalue weighted by Gasteiger charge is -2.18. The zero-order valence-electron chi connectivity index (χ0n) is 16.9. The first-order chi connectivity index (χ1) is 14.8. The summed E-state index contributed by atoms with van der Waals surface area (Å²) >= 11 is 1.47. The third-order valence-corrected chi connectivity index (χ3v) is 5.33. The number of rotatable bonds is 7. The number of benzene rings is 2. The molecule has 4 nitrogen and oxygen atoms in total. The van der Waals surface area contributed by atoms with Gasteiger partial charge in [-0.2, -0.15) is 0 Å². The highest BCUT2D eigenvalue weighted by molar-refractivity contribution is 8.03. The van der Waals surface area contributed by atoms with E-state index in [4.69, 9.17) is 9.97 Å². The number of nitrogens with one attached hydrogen (secondary N) is 2. The van der Waals surface area contributed by atoms with Crippen LogP contribution >= 0.6 is 11.9 Å². The monoisotopic (exact) mass is 412 g/mol. The zero-order chi connectivity index (χ0) is 20.6. The maximum absolute atomic E-state index is 4.84. The molecule has 5 heteroatoms. The summed E-state index contributed by atoms with van der Waals surface area (Å²) in [5.41, 5.74) is 5.40. The van der Waals surface area contributed by atoms with Crippen molar-refractivity contribution >= 4 is 46.4 Å². The molecule has 0 saturated carbocycles. The van der Waals surface area contributed by atoms with Gasteiger partial charge in [-0.1, -0.05) is 66.8 Å². The maximum atomic E-state index is 4.84. The predicted molar refractivity (Wildman–Crippen MR) is 131 cm³/mol. The third kappa shape index (κ3) is 4.81. The number of hydrogen-bond acceptors (Lipinski definition) is 5. The summed E-state index contributed by atoms with van der Waals surface area (Å²) in [4.78, 5) is 9.64. The molecule has 0 radical (unpaired) electrons. The summed E-state index contributed by atoms with van der Waals surface area (Å²) in [6.45, 7) is 2.00. The van der Waals surface area contributed by atoms with Crippen molar-refractivity contribution in [2.24, 2.45) is 0 Å². The number of allylic oxidation sites excluding steroid dienone is 6. The highest BCUT2D eigenvalue weighted by Gasteiger charge is 2.13. The number of para-hydroxylation sites is 2. The van der Waals surface area contributed by atoms with Gasteiger partial charge in [0.2, 0.25) is 0 Å². The SMILES string of the molecule is C\C=C/C=C\C=C\SNc1nc2ccccc2nc1Nc1cccc2c1CCC=C2. The Morgan fingerprint density at radius 3 is 2.53 bits per heavy atom. The van der Waals surface area contributed by atoms with E-state index in [2.05, 4.69) is 40.4 Å². The molecule has 1 aliphatic rings. The largest absolute Gasteiger partial charge is 0.337 e. The van der Waals surface area contributed by atoms with E-state index in [1.165, 1.54) is 23.1 Å². The Morgan fingerprint density at radius 2 is 1.70 bits per heavy atom. The molecule has 3 aromatic rings. The molecule has 0 spiro atoms. The molecule has 2 N–H and O–H groups in total. The van der Waals surface area contributed by atoms with Crippen LogP contribution in [0.2, 0.25) is 0 Å². The Morgan fingerprint density at radius 1 is 0.900 bits per heavy atom. The van der Waals surface area contributed by atoms with Crippen molar-refractivity contribution in [3.63, 3.8) is 0 Å². The van der Waals surface area contributed by atoms with Crippen molar-refractivity contribution in [3.8, 4) is 0 Å². The van der Waals surface area contributed by atoms with Crippen LogP contribution in [0.1, 0.15) is 24.5 Å². The molecular formula is C25H24N4S. The van der Waals surface area contributed by atoms with E-state index in [-0.39, 0.29) is 0 Å². The fraction of sp³-hybridized carbons (Fsp3) is 0.120. The third-order valence-electron chi connectivity index (χ3n) is 4.72. The molecule has 150 valence electrons. The van der Waals surface area contributed by atoms with Crippen molar-refractivity contribution in [2.45, 2.75) is 19.8 Å². The molecule has 0 atom stereocenters. The second-order valence-electron chi connectivity index (χ2n) is 6.81. The molecule has 0 unspecified atom stereocenters. The van der Waals surface area contributed by atoms with E-state index >= 15 is 0 Å². The van der Waals surface area contributed by atoms with Gasteiger partial charge in [0.15, 0.2) is 11.6 Å². The average molecular weight is 413 g/mol. The van der Waals surface area contributed by atoms with Crippen molar-refractivity contribution in [1.82, 2.24) is 9.97 Å². The summed E-state index contributed by atoms with van der Waals surface area (Å²) in [7, 11) is 0. The van der Waals surface area contributed by atoms with Gasteiger partial charge >= 0.3 is 0 Å². The molecular weight excluding hydrogens is 388 g/mol. The quantitative estimate of drug-likeness (QED) is 0.322. The lowest BCUT2D eigenvalue weighted by atomic mass is 9.96. The Hall–Kier alpha value is -3.31. The van der Waals surface area contributed by atoms with Gasteiger partial charge in [-0.15, -0.1) is 0 Å². The fourth-order valence-corrected chi connectivity index (χ4v) is 3.79. The second-order valence-corrected chi connectivity index (χ2v) is 7.52. The Bertz CT molecular complexity index is 1150. The summed E-state index contributed by atoms with van der Waals surface area (Å²) in [6, 6.07) is 14.3. The van der Waals surface area contributed by atoms with Gasteiger partial charge < -0.3 is 10.0 Å². The topological polar surface area (TPSA) is 49.8 Å². The van der Waals surface area contributed by atoms with Gasteiger partial charge in [0.05, 0.1) is 11.0 Å². The zero-order valence-corrected chi connectivity index (χ0v) is 17.7. The second kappa shape index (κ2) is 9.94. The van der Waals surface area contributed by atoms with Crippen LogP contribution in [0, 0.1) is 0 Å². The molecule has 0 aliphatic heterocycles. The van der Waals surface area contributed by atoms with E-state index in [1.54, 1.807) is 0 Å². The molecule has 1 aliphatic carbocycles. The highest BCUT2D eigenvalue weighted by atomic mass is 32.2. The normalized spacial score (nSPS) is 13.5. The molecule has 30 heavy (non-hydrogen) atoms. The average Bonchev–Trinajstić information content (AvgIpc) is 2.79. The van der Waals surface area contributed by atoms with Gasteiger partial charge in [0.25, 0.3) is 0 Å². The molecule has 0 amide bonds. The van der Waals surface area contributed by atoms with Crippen LogP contribution in [0.15, 0.2) is 84.3 Å². The summed E-state index contributed by atoms with van der Waals surface area (Å²) in [6.07, 6.45) is 16.5. The first-order valence-electron chi connectivity index (χ1n) is 10.0. The summed E-state index contributed by atoms with van der Waals surface area (Å²) in [5.74, 6) is 1.44. The molecule has 1 aromatic heterocycles. The highest BCUT2D eigenvalue weighted by Crippen LogP contribution is 2.32. The van der Waals surface area contributed by atoms with Gasteiger partial charge in [0.1, 0.15) is 0 Å². The van der Waals surface area contributed by atoms with Crippen molar-refractivity contribution in [3.05, 3.63) is 95.5 Å². The van der Waals surface area contributed by atoms with E-state index in [9.17, 15) is 0 Å². The van der Waals surface area contributed by atoms with Gasteiger partial charge in [-0.3, -0.25) is 0 Å². The molecule has 0 bridgehead atoms. The first-order valence-corrected chi connectivity index (χ1v) is 10.9. The summed E-state index contributed by atoms with van der Waals surface area (Å²) in [5, 5.41) is 5.51. The van der Waals surface area contributed by atoms with E-state index in [0.29, 0.717) is 5.82 Å². The molecule has 0 fully saturated rings. The van der Waals surface area contributed by atoms with Gasteiger partial charge in [0, 0.05) is 5.69 Å². The van der Waals surface area contributed by atoms with Crippen LogP contribution in [0.25, 0.3) is 17.1 Å². The van der Waals surface area contributed by atoms with Crippen molar-refractivity contribution in [2.75, 3.05) is 10.0 Å². The Labute approximate surface area is 181 Å². The number of hydrogen-bond donors (Lipinski definition) is 2. The fourth-order valence-electron chi connectivity index (χ4n) is 3.29. The number of nitrogens with zero attached hydrogens (tertiary/aromatic N) is 2. The van der Waals surface area contributed by atoms with Crippen molar-refractivity contribution in [1.29, 1.82) is 0 Å². The lowest BCUT2D eigenvalue weighted by molar-refractivity contribution is 0.987. The van der Waals surface area contributed by atoms with E-state index in [0.717, 1.165) is 35.4 Å². The molecule has 0 saturated heterocycles.